The van der Waals surface area contributed by atoms with Gasteiger partial charge in [-0.1, -0.05) is 42.8 Å². The number of nitrogens with zero attached hydrogens (tertiary/aromatic N) is 3. The number of anilines is 1. The average Bonchev–Trinajstić information content (AvgIpc) is 3.58. The predicted molar refractivity (Wildman–Crippen MR) is 174 cm³/mol. The highest BCUT2D eigenvalue weighted by Crippen LogP contribution is 2.35. The quantitative estimate of drug-likeness (QED) is 0.264. The Labute approximate surface area is 267 Å². The Morgan fingerprint density at radius 1 is 1.16 bits per heavy atom. The zero-order valence-electron chi connectivity index (χ0n) is 25.5. The van der Waals surface area contributed by atoms with Gasteiger partial charge in [0.1, 0.15) is 11.1 Å². The number of aliphatic hydroxyl groups excluding tert-OH is 1. The van der Waals surface area contributed by atoms with Gasteiger partial charge in [0.2, 0.25) is 10.0 Å². The van der Waals surface area contributed by atoms with Crippen LogP contribution in [0.5, 0.6) is 5.75 Å². The molecule has 0 bridgehead atoms. The average molecular weight is 649 g/mol. The topological polar surface area (TPSA) is 129 Å². The second-order valence-electron chi connectivity index (χ2n) is 11.3. The zero-order chi connectivity index (χ0) is 32.3. The van der Waals surface area contributed by atoms with E-state index in [1.165, 1.54) is 22.7 Å². The number of rotatable bonds is 9. The van der Waals surface area contributed by atoms with E-state index in [9.17, 15) is 23.1 Å². The number of fused-ring (bicyclic) bond motifs is 1. The lowest BCUT2D eigenvalue weighted by atomic mass is 9.99. The monoisotopic (exact) mass is 648 g/mol. The van der Waals surface area contributed by atoms with Gasteiger partial charge in [-0.25, -0.2) is 13.4 Å². The van der Waals surface area contributed by atoms with Crippen molar-refractivity contribution in [3.8, 4) is 16.3 Å². The summed E-state index contributed by atoms with van der Waals surface area (Å²) >= 11 is 1.50. The maximum Gasteiger partial charge on any atom is 0.258 e. The minimum Gasteiger partial charge on any atom is -0.486 e. The van der Waals surface area contributed by atoms with Crippen molar-refractivity contribution in [3.05, 3.63) is 95.0 Å². The summed E-state index contributed by atoms with van der Waals surface area (Å²) in [5.74, 6) is -0.963. The SMILES string of the molecule is Cc1ccc(S(=O)(=O)N(C)C[C@H]2Oc3c(NC(=O)c4ccc(-c5nccs5)cc4)cccc3C(=O)N([C@H](C)CO)C[C@@H]2C)cc1. The number of nitrogens with one attached hydrogen (secondary N) is 1. The minimum atomic E-state index is -3.85. The Kier molecular flexibility index (Phi) is 9.68. The van der Waals surface area contributed by atoms with Crippen LogP contribution in [-0.4, -0.2) is 78.4 Å². The van der Waals surface area contributed by atoms with Gasteiger partial charge in [-0.05, 0) is 50.2 Å². The summed E-state index contributed by atoms with van der Waals surface area (Å²) in [4.78, 5) is 33.2. The third-order valence-corrected chi connectivity index (χ3v) is 10.6. The molecule has 1 aliphatic heterocycles. The van der Waals surface area contributed by atoms with Gasteiger partial charge in [-0.3, -0.25) is 9.59 Å². The van der Waals surface area contributed by atoms with Crippen LogP contribution < -0.4 is 10.1 Å². The molecule has 0 saturated carbocycles. The van der Waals surface area contributed by atoms with Crippen molar-refractivity contribution in [1.82, 2.24) is 14.2 Å². The predicted octanol–water partition coefficient (Wildman–Crippen LogP) is 4.91. The molecule has 5 rings (SSSR count). The number of ether oxygens (including phenoxy) is 1. The van der Waals surface area contributed by atoms with Gasteiger partial charge in [0, 0.05) is 42.2 Å². The standard InChI is InChI=1S/C33H36N4O6S2/c1-21-8-14-26(15-9-21)45(41,42)36(4)19-29-22(2)18-37(23(3)20-38)33(40)27-6-5-7-28(30(27)43-29)35-31(39)24-10-12-25(13-11-24)32-34-16-17-44-32/h5-17,22-23,29,38H,18-20H2,1-4H3,(H,35,39)/t22-,23+,29+/m0/s1. The fourth-order valence-electron chi connectivity index (χ4n) is 5.13. The molecule has 0 saturated heterocycles. The van der Waals surface area contributed by atoms with E-state index in [2.05, 4.69) is 10.3 Å². The summed E-state index contributed by atoms with van der Waals surface area (Å²) < 4.78 is 34.7. The van der Waals surface area contributed by atoms with Crippen LogP contribution in [-0.2, 0) is 10.0 Å². The molecule has 10 nitrogen and oxygen atoms in total. The number of aliphatic hydroxyl groups is 1. The highest BCUT2D eigenvalue weighted by Gasteiger charge is 2.36. The lowest BCUT2D eigenvalue weighted by molar-refractivity contribution is 0.0388. The van der Waals surface area contributed by atoms with E-state index >= 15 is 0 Å². The second-order valence-corrected chi connectivity index (χ2v) is 14.2. The Morgan fingerprint density at radius 3 is 2.51 bits per heavy atom. The highest BCUT2D eigenvalue weighted by atomic mass is 32.2. The third kappa shape index (κ3) is 6.94. The first-order valence-electron chi connectivity index (χ1n) is 14.6. The van der Waals surface area contributed by atoms with Crippen molar-refractivity contribution in [3.63, 3.8) is 0 Å². The Bertz CT molecular complexity index is 1760. The van der Waals surface area contributed by atoms with Crippen LogP contribution in [0.15, 0.2) is 83.2 Å². The summed E-state index contributed by atoms with van der Waals surface area (Å²) in [6.07, 6.45) is 1.02. The molecule has 1 aliphatic rings. The first-order valence-corrected chi connectivity index (χ1v) is 16.9. The molecular weight excluding hydrogens is 613 g/mol. The Balaban J connectivity index is 1.47. The number of carbonyl (C=O) groups excluding carboxylic acids is 2. The second kappa shape index (κ2) is 13.5. The van der Waals surface area contributed by atoms with Crippen LogP contribution in [0.2, 0.25) is 0 Å². The van der Waals surface area contributed by atoms with Gasteiger partial charge in [-0.15, -0.1) is 11.3 Å². The summed E-state index contributed by atoms with van der Waals surface area (Å²) in [6.45, 7) is 5.46. The van der Waals surface area contributed by atoms with E-state index in [1.807, 2.05) is 31.4 Å². The molecule has 236 valence electrons. The van der Waals surface area contributed by atoms with Gasteiger partial charge in [0.25, 0.3) is 11.8 Å². The smallest absolute Gasteiger partial charge is 0.258 e. The van der Waals surface area contributed by atoms with E-state index in [1.54, 1.807) is 72.6 Å². The first-order chi connectivity index (χ1) is 21.5. The van der Waals surface area contributed by atoms with Crippen molar-refractivity contribution in [2.45, 2.75) is 37.8 Å². The highest BCUT2D eigenvalue weighted by molar-refractivity contribution is 7.89. The van der Waals surface area contributed by atoms with Crippen LogP contribution in [0.1, 0.15) is 40.1 Å². The molecule has 0 aliphatic carbocycles. The van der Waals surface area contributed by atoms with Gasteiger partial charge in [0.15, 0.2) is 5.75 Å². The molecule has 0 spiro atoms. The van der Waals surface area contributed by atoms with Crippen LogP contribution in [0, 0.1) is 12.8 Å². The fraction of sp³-hybridized carbons (Fsp3) is 0.303. The molecule has 1 aromatic heterocycles. The molecule has 12 heteroatoms. The van der Waals surface area contributed by atoms with Crippen LogP contribution in [0.4, 0.5) is 5.69 Å². The number of hydrogen-bond donors (Lipinski definition) is 2. The summed E-state index contributed by atoms with van der Waals surface area (Å²) in [5.41, 5.74) is 2.70. The molecule has 2 N–H and O–H groups in total. The number of para-hydroxylation sites is 1. The molecule has 0 radical (unpaired) electrons. The number of hydrogen-bond acceptors (Lipinski definition) is 8. The van der Waals surface area contributed by atoms with Crippen molar-refractivity contribution in [2.24, 2.45) is 5.92 Å². The van der Waals surface area contributed by atoms with Crippen molar-refractivity contribution in [1.29, 1.82) is 0 Å². The Morgan fingerprint density at radius 2 is 1.87 bits per heavy atom. The number of aromatic nitrogens is 1. The number of thiazole rings is 1. The van der Waals surface area contributed by atoms with E-state index in [0.717, 1.165) is 16.1 Å². The molecule has 0 unspecified atom stereocenters. The van der Waals surface area contributed by atoms with Gasteiger partial charge >= 0.3 is 0 Å². The van der Waals surface area contributed by atoms with E-state index in [4.69, 9.17) is 4.74 Å². The molecule has 4 aromatic rings. The zero-order valence-corrected chi connectivity index (χ0v) is 27.1. The van der Waals surface area contributed by atoms with Crippen LogP contribution >= 0.6 is 11.3 Å². The molecular formula is C33H36N4O6S2. The maximum atomic E-state index is 13.8. The van der Waals surface area contributed by atoms with Crippen LogP contribution in [0.25, 0.3) is 10.6 Å². The number of benzene rings is 3. The number of aryl methyl sites for hydroxylation is 1. The molecule has 3 aromatic carbocycles. The maximum absolute atomic E-state index is 13.8. The summed E-state index contributed by atoms with van der Waals surface area (Å²) in [6, 6.07) is 18.1. The number of sulfonamides is 1. The van der Waals surface area contributed by atoms with E-state index in [-0.39, 0.29) is 53.4 Å². The van der Waals surface area contributed by atoms with E-state index in [0.29, 0.717) is 5.56 Å². The third-order valence-electron chi connectivity index (χ3n) is 7.93. The van der Waals surface area contributed by atoms with Crippen molar-refractivity contribution >= 4 is 38.9 Å². The largest absolute Gasteiger partial charge is 0.486 e. The van der Waals surface area contributed by atoms with Crippen LogP contribution in [0.3, 0.4) is 0 Å². The lowest BCUT2D eigenvalue weighted by Gasteiger charge is -2.38. The Hall–Kier alpha value is -4.10. The van der Waals surface area contributed by atoms with Crippen molar-refractivity contribution < 1.29 is 27.9 Å². The first kappa shape index (κ1) is 32.3. The van der Waals surface area contributed by atoms with Gasteiger partial charge in [0.05, 0.1) is 35.3 Å². The normalized spacial score (nSPS) is 17.6. The molecule has 2 amide bonds. The van der Waals surface area contributed by atoms with Gasteiger partial charge in [-0.2, -0.15) is 4.31 Å². The van der Waals surface area contributed by atoms with Crippen molar-refractivity contribution in [2.75, 3.05) is 32.1 Å². The molecule has 2 heterocycles. The number of carbonyl (C=O) groups is 2. The fourth-order valence-corrected chi connectivity index (χ4v) is 6.95. The molecule has 3 atom stereocenters. The molecule has 45 heavy (non-hydrogen) atoms. The van der Waals surface area contributed by atoms with Gasteiger partial charge < -0.3 is 20.1 Å². The minimum absolute atomic E-state index is 0.0210. The number of likely N-dealkylation sites (N-methyl/N-ethyl adjacent to an activating group) is 1. The summed E-state index contributed by atoms with van der Waals surface area (Å²) in [5, 5.41) is 15.6. The number of amides is 2. The summed E-state index contributed by atoms with van der Waals surface area (Å²) in [7, 11) is -2.35. The molecule has 0 fully saturated rings. The van der Waals surface area contributed by atoms with E-state index < -0.39 is 28.1 Å². The lowest BCUT2D eigenvalue weighted by Crippen LogP contribution is -2.50.